The van der Waals surface area contributed by atoms with E-state index in [1.165, 1.54) is 18.4 Å². The summed E-state index contributed by atoms with van der Waals surface area (Å²) < 4.78 is 11.8. The molecule has 0 spiro atoms. The highest BCUT2D eigenvalue weighted by molar-refractivity contribution is 6.30. The highest BCUT2D eigenvalue weighted by atomic mass is 35.5. The van der Waals surface area contributed by atoms with Crippen LogP contribution in [0, 0.1) is 5.92 Å². The number of halogens is 1. The first kappa shape index (κ1) is 20.1. The van der Waals surface area contributed by atoms with Crippen molar-refractivity contribution in [2.45, 2.75) is 50.5 Å². The van der Waals surface area contributed by atoms with E-state index in [-0.39, 0.29) is 23.8 Å². The average molecular weight is 414 g/mol. The molecule has 2 fully saturated rings. The van der Waals surface area contributed by atoms with Gasteiger partial charge in [-0.3, -0.25) is 4.79 Å². The first-order valence-corrected chi connectivity index (χ1v) is 10.9. The van der Waals surface area contributed by atoms with Gasteiger partial charge >= 0.3 is 0 Å². The molecule has 1 N–H and O–H groups in total. The fourth-order valence-corrected chi connectivity index (χ4v) is 4.72. The van der Waals surface area contributed by atoms with Gasteiger partial charge in [0.1, 0.15) is 0 Å². The predicted molar refractivity (Wildman–Crippen MR) is 115 cm³/mol. The van der Waals surface area contributed by atoms with Crippen LogP contribution in [0.2, 0.25) is 5.02 Å². The molecular formula is C24H28ClNO3. The molecule has 2 atom stereocenters. The highest BCUT2D eigenvalue weighted by Gasteiger charge is 2.30. The molecular weight excluding hydrogens is 386 g/mol. The van der Waals surface area contributed by atoms with Crippen molar-refractivity contribution in [3.63, 3.8) is 0 Å². The van der Waals surface area contributed by atoms with E-state index in [0.29, 0.717) is 18.0 Å². The second-order valence-corrected chi connectivity index (χ2v) is 8.58. The molecule has 154 valence electrons. The SMILES string of the molecule is COc1ccc([C@H]2CNC(=O)[C@H](Cc3cccc(Cl)c3)C2)cc1OC1CCCC1. The average Bonchev–Trinajstić information content (AvgIpc) is 3.23. The molecule has 2 aromatic rings. The lowest BCUT2D eigenvalue weighted by atomic mass is 9.82. The number of carbonyl (C=O) groups is 1. The summed E-state index contributed by atoms with van der Waals surface area (Å²) in [5, 5.41) is 3.80. The van der Waals surface area contributed by atoms with E-state index in [1.54, 1.807) is 7.11 Å². The number of benzene rings is 2. The van der Waals surface area contributed by atoms with Crippen LogP contribution in [0.15, 0.2) is 42.5 Å². The van der Waals surface area contributed by atoms with E-state index >= 15 is 0 Å². The Kier molecular flexibility index (Phi) is 6.29. The van der Waals surface area contributed by atoms with Gasteiger partial charge in [-0.2, -0.15) is 0 Å². The Morgan fingerprint density at radius 1 is 1.10 bits per heavy atom. The maximum absolute atomic E-state index is 12.5. The Morgan fingerprint density at radius 2 is 1.93 bits per heavy atom. The van der Waals surface area contributed by atoms with Crippen molar-refractivity contribution in [3.8, 4) is 11.5 Å². The monoisotopic (exact) mass is 413 g/mol. The van der Waals surface area contributed by atoms with Crippen LogP contribution in [0.4, 0.5) is 0 Å². The smallest absolute Gasteiger partial charge is 0.223 e. The summed E-state index contributed by atoms with van der Waals surface area (Å²) in [6, 6.07) is 14.0. The molecule has 1 saturated heterocycles. The van der Waals surface area contributed by atoms with Crippen molar-refractivity contribution in [2.24, 2.45) is 5.92 Å². The van der Waals surface area contributed by atoms with E-state index in [9.17, 15) is 4.79 Å². The Hall–Kier alpha value is -2.20. The van der Waals surface area contributed by atoms with Gasteiger partial charge < -0.3 is 14.8 Å². The fraction of sp³-hybridized carbons (Fsp3) is 0.458. The van der Waals surface area contributed by atoms with Crippen molar-refractivity contribution in [3.05, 3.63) is 58.6 Å². The van der Waals surface area contributed by atoms with Gasteiger partial charge in [0.15, 0.2) is 11.5 Å². The molecule has 4 nitrogen and oxygen atoms in total. The Bertz CT molecular complexity index is 863. The van der Waals surface area contributed by atoms with Gasteiger partial charge in [0.2, 0.25) is 5.91 Å². The standard InChI is InChI=1S/C24H28ClNO3/c1-28-22-10-9-17(14-23(22)29-21-7-2-3-8-21)19-13-18(24(27)26-15-19)11-16-5-4-6-20(25)12-16/h4-6,9-10,12,14,18-19,21H,2-3,7-8,11,13,15H2,1H3,(H,26,27)/t18-,19-/m1/s1. The summed E-state index contributed by atoms with van der Waals surface area (Å²) in [6.07, 6.45) is 6.46. The van der Waals surface area contributed by atoms with Gasteiger partial charge in [-0.15, -0.1) is 0 Å². The van der Waals surface area contributed by atoms with Crippen LogP contribution in [0.5, 0.6) is 11.5 Å². The van der Waals surface area contributed by atoms with Crippen molar-refractivity contribution in [1.82, 2.24) is 5.32 Å². The number of hydrogen-bond donors (Lipinski definition) is 1. The second-order valence-electron chi connectivity index (χ2n) is 8.14. The molecule has 2 aromatic carbocycles. The molecule has 5 heteroatoms. The molecule has 1 aliphatic heterocycles. The van der Waals surface area contributed by atoms with Gasteiger partial charge in [0, 0.05) is 23.4 Å². The maximum atomic E-state index is 12.5. The second kappa shape index (κ2) is 9.08. The quantitative estimate of drug-likeness (QED) is 0.713. The molecule has 1 heterocycles. The van der Waals surface area contributed by atoms with E-state index in [4.69, 9.17) is 21.1 Å². The normalized spacial score (nSPS) is 22.3. The lowest BCUT2D eigenvalue weighted by Gasteiger charge is -2.30. The van der Waals surface area contributed by atoms with Crippen molar-refractivity contribution in [1.29, 1.82) is 0 Å². The molecule has 2 aliphatic rings. The van der Waals surface area contributed by atoms with Gasteiger partial charge in [-0.05, 0) is 73.9 Å². The lowest BCUT2D eigenvalue weighted by molar-refractivity contribution is -0.126. The number of carbonyl (C=O) groups excluding carboxylic acids is 1. The largest absolute Gasteiger partial charge is 0.493 e. The Balaban J connectivity index is 1.50. The van der Waals surface area contributed by atoms with Crippen LogP contribution in [0.1, 0.15) is 49.1 Å². The predicted octanol–water partition coefficient (Wildman–Crippen LogP) is 5.13. The molecule has 0 unspecified atom stereocenters. The molecule has 29 heavy (non-hydrogen) atoms. The van der Waals surface area contributed by atoms with Crippen LogP contribution in [0.25, 0.3) is 0 Å². The van der Waals surface area contributed by atoms with Crippen molar-refractivity contribution >= 4 is 17.5 Å². The first-order chi connectivity index (χ1) is 14.1. The molecule has 1 aliphatic carbocycles. The summed E-state index contributed by atoms with van der Waals surface area (Å²) in [7, 11) is 1.68. The van der Waals surface area contributed by atoms with Crippen molar-refractivity contribution in [2.75, 3.05) is 13.7 Å². The number of piperidine rings is 1. The zero-order chi connectivity index (χ0) is 20.2. The Labute approximate surface area is 177 Å². The Morgan fingerprint density at radius 3 is 2.69 bits per heavy atom. The zero-order valence-corrected chi connectivity index (χ0v) is 17.6. The number of hydrogen-bond acceptors (Lipinski definition) is 3. The van der Waals surface area contributed by atoms with Crippen LogP contribution < -0.4 is 14.8 Å². The molecule has 1 amide bonds. The number of nitrogens with one attached hydrogen (secondary N) is 1. The van der Waals surface area contributed by atoms with Crippen LogP contribution in [-0.2, 0) is 11.2 Å². The number of amides is 1. The summed E-state index contributed by atoms with van der Waals surface area (Å²) >= 11 is 6.11. The maximum Gasteiger partial charge on any atom is 0.223 e. The van der Waals surface area contributed by atoms with Gasteiger partial charge in [0.05, 0.1) is 13.2 Å². The molecule has 0 bridgehead atoms. The van der Waals surface area contributed by atoms with Gasteiger partial charge in [-0.1, -0.05) is 29.8 Å². The lowest BCUT2D eigenvalue weighted by Crippen LogP contribution is -2.41. The minimum atomic E-state index is -0.0616. The van der Waals surface area contributed by atoms with Crippen molar-refractivity contribution < 1.29 is 14.3 Å². The third kappa shape index (κ3) is 4.87. The number of ether oxygens (including phenoxy) is 2. The van der Waals surface area contributed by atoms with Crippen LogP contribution >= 0.6 is 11.6 Å². The van der Waals surface area contributed by atoms with E-state index < -0.39 is 0 Å². The van der Waals surface area contributed by atoms with Gasteiger partial charge in [-0.25, -0.2) is 0 Å². The minimum Gasteiger partial charge on any atom is -0.493 e. The number of rotatable bonds is 6. The summed E-state index contributed by atoms with van der Waals surface area (Å²) in [6.45, 7) is 0.653. The minimum absolute atomic E-state index is 0.0616. The molecule has 0 radical (unpaired) electrons. The third-order valence-electron chi connectivity index (χ3n) is 6.09. The number of methoxy groups -OCH3 is 1. The molecule has 4 rings (SSSR count). The van der Waals surface area contributed by atoms with Crippen LogP contribution in [-0.4, -0.2) is 25.7 Å². The topological polar surface area (TPSA) is 47.6 Å². The van der Waals surface area contributed by atoms with Gasteiger partial charge in [0.25, 0.3) is 0 Å². The summed E-state index contributed by atoms with van der Waals surface area (Å²) in [4.78, 5) is 12.5. The summed E-state index contributed by atoms with van der Waals surface area (Å²) in [5.74, 6) is 1.91. The van der Waals surface area contributed by atoms with E-state index in [2.05, 4.69) is 17.4 Å². The van der Waals surface area contributed by atoms with E-state index in [0.717, 1.165) is 36.3 Å². The third-order valence-corrected chi connectivity index (χ3v) is 6.32. The molecule has 0 aromatic heterocycles. The first-order valence-electron chi connectivity index (χ1n) is 10.5. The fourth-order valence-electron chi connectivity index (χ4n) is 4.51. The molecule has 1 saturated carbocycles. The van der Waals surface area contributed by atoms with E-state index in [1.807, 2.05) is 30.3 Å². The zero-order valence-electron chi connectivity index (χ0n) is 16.8. The van der Waals surface area contributed by atoms with Crippen LogP contribution in [0.3, 0.4) is 0 Å². The highest BCUT2D eigenvalue weighted by Crippen LogP contribution is 2.37. The summed E-state index contributed by atoms with van der Waals surface area (Å²) in [5.41, 5.74) is 2.29.